The summed E-state index contributed by atoms with van der Waals surface area (Å²) in [6, 6.07) is 29.9. The van der Waals surface area contributed by atoms with E-state index in [2.05, 4.69) is 24.3 Å². The Morgan fingerprint density at radius 2 is 0.957 bits per heavy atom. The number of hydrogen-bond donors (Lipinski definition) is 1. The fourth-order valence-corrected chi connectivity index (χ4v) is 3.08. The Balaban J connectivity index is 2.15. The van der Waals surface area contributed by atoms with Crippen molar-refractivity contribution in [2.24, 2.45) is 5.73 Å². The molecule has 1 atom stereocenters. The quantitative estimate of drug-likeness (QED) is 0.758. The second-order valence-corrected chi connectivity index (χ2v) is 5.59. The van der Waals surface area contributed by atoms with E-state index in [4.69, 9.17) is 5.73 Å². The van der Waals surface area contributed by atoms with Gasteiger partial charge in [-0.2, -0.15) is 0 Å². The van der Waals surface area contributed by atoms with E-state index in [1.165, 1.54) is 0 Å². The van der Waals surface area contributed by atoms with Crippen LogP contribution < -0.4 is 5.73 Å². The minimum Gasteiger partial charge on any atom is -0.369 e. The van der Waals surface area contributed by atoms with Gasteiger partial charge in [-0.3, -0.25) is 4.79 Å². The normalized spacial score (nSPS) is 12.0. The third kappa shape index (κ3) is 3.32. The third-order valence-corrected chi connectivity index (χ3v) is 4.12. The minimum absolute atomic E-state index is 0.0997. The Bertz CT molecular complexity index is 714. The fraction of sp³-hybridized carbons (Fsp3) is 0.0952. The van der Waals surface area contributed by atoms with Crippen molar-refractivity contribution in [3.8, 4) is 0 Å². The van der Waals surface area contributed by atoms with Crippen molar-refractivity contribution in [2.75, 3.05) is 0 Å². The molecule has 0 saturated carbocycles. The molecule has 0 aliphatic carbocycles. The molecule has 0 heterocycles. The lowest BCUT2D eigenvalue weighted by molar-refractivity contribution is -0.119. The van der Waals surface area contributed by atoms with Gasteiger partial charge in [0.2, 0.25) is 5.91 Å². The zero-order valence-corrected chi connectivity index (χ0v) is 12.8. The summed E-state index contributed by atoms with van der Waals surface area (Å²) in [7, 11) is 0. The van der Waals surface area contributed by atoms with Crippen LogP contribution in [0.3, 0.4) is 0 Å². The van der Waals surface area contributed by atoms with Crippen LogP contribution in [0.1, 0.15) is 28.5 Å². The molecule has 2 nitrogen and oxygen atoms in total. The first-order valence-corrected chi connectivity index (χ1v) is 7.71. The van der Waals surface area contributed by atoms with Crippen molar-refractivity contribution in [1.82, 2.24) is 0 Å². The first-order chi connectivity index (χ1) is 11.3. The van der Waals surface area contributed by atoms with Crippen molar-refractivity contribution in [3.05, 3.63) is 108 Å². The zero-order valence-electron chi connectivity index (χ0n) is 12.8. The van der Waals surface area contributed by atoms with Gasteiger partial charge in [-0.1, -0.05) is 91.0 Å². The van der Waals surface area contributed by atoms with Gasteiger partial charge < -0.3 is 5.73 Å². The molecule has 3 rings (SSSR count). The van der Waals surface area contributed by atoms with Crippen molar-refractivity contribution < 1.29 is 4.79 Å². The number of rotatable bonds is 5. The summed E-state index contributed by atoms with van der Waals surface area (Å²) in [5.41, 5.74) is 8.93. The molecule has 1 amide bonds. The third-order valence-electron chi connectivity index (χ3n) is 4.12. The summed E-state index contributed by atoms with van der Waals surface area (Å²) >= 11 is 0. The Kier molecular flexibility index (Phi) is 4.53. The molecule has 0 aliphatic heterocycles. The molecule has 0 spiro atoms. The number of hydrogen-bond acceptors (Lipinski definition) is 1. The standard InChI is InChI=1S/C21H19NO/c22-21(23)20(18-14-8-3-9-15-18)19(16-10-4-1-5-11-16)17-12-6-2-7-13-17/h1-15,19-20H,(H2,22,23)/t20-/m0/s1. The van der Waals surface area contributed by atoms with Gasteiger partial charge in [0.05, 0.1) is 5.92 Å². The van der Waals surface area contributed by atoms with Crippen molar-refractivity contribution in [1.29, 1.82) is 0 Å². The van der Waals surface area contributed by atoms with Crippen LogP contribution in [0.25, 0.3) is 0 Å². The maximum atomic E-state index is 12.3. The zero-order chi connectivity index (χ0) is 16.1. The van der Waals surface area contributed by atoms with Gasteiger partial charge in [-0.05, 0) is 16.7 Å². The van der Waals surface area contributed by atoms with Gasteiger partial charge in [-0.15, -0.1) is 0 Å². The predicted octanol–water partition coefficient (Wildman–Crippen LogP) is 4.09. The molecule has 0 saturated heterocycles. The van der Waals surface area contributed by atoms with Crippen molar-refractivity contribution in [2.45, 2.75) is 11.8 Å². The number of amides is 1. The summed E-state index contributed by atoms with van der Waals surface area (Å²) in [5, 5.41) is 0. The van der Waals surface area contributed by atoms with Gasteiger partial charge in [0.1, 0.15) is 0 Å². The van der Waals surface area contributed by atoms with Crippen LogP contribution in [0.15, 0.2) is 91.0 Å². The van der Waals surface area contributed by atoms with E-state index in [1.54, 1.807) is 0 Å². The number of benzene rings is 3. The van der Waals surface area contributed by atoms with Gasteiger partial charge in [-0.25, -0.2) is 0 Å². The fourth-order valence-electron chi connectivity index (χ4n) is 3.08. The Morgan fingerprint density at radius 3 is 1.30 bits per heavy atom. The Morgan fingerprint density at radius 1 is 0.609 bits per heavy atom. The molecule has 0 bridgehead atoms. The lowest BCUT2D eigenvalue weighted by atomic mass is 9.77. The predicted molar refractivity (Wildman–Crippen MR) is 93.1 cm³/mol. The Hall–Kier alpha value is -2.87. The molecule has 3 aromatic rings. The highest BCUT2D eigenvalue weighted by Crippen LogP contribution is 2.38. The minimum atomic E-state index is -0.402. The van der Waals surface area contributed by atoms with Crippen LogP contribution in [0.4, 0.5) is 0 Å². The maximum absolute atomic E-state index is 12.3. The number of nitrogens with two attached hydrogens (primary N) is 1. The highest BCUT2D eigenvalue weighted by Gasteiger charge is 2.30. The highest BCUT2D eigenvalue weighted by molar-refractivity contribution is 5.84. The molecular weight excluding hydrogens is 282 g/mol. The topological polar surface area (TPSA) is 43.1 Å². The van der Waals surface area contributed by atoms with E-state index in [9.17, 15) is 4.79 Å². The summed E-state index contributed by atoms with van der Waals surface area (Å²) in [6.45, 7) is 0. The van der Waals surface area contributed by atoms with E-state index in [-0.39, 0.29) is 11.8 Å². The summed E-state index contributed by atoms with van der Waals surface area (Å²) < 4.78 is 0. The second-order valence-electron chi connectivity index (χ2n) is 5.59. The molecular formula is C21H19NO. The lowest BCUT2D eigenvalue weighted by Crippen LogP contribution is -2.27. The molecule has 0 radical (unpaired) electrons. The summed E-state index contributed by atoms with van der Waals surface area (Å²) in [4.78, 5) is 12.3. The molecule has 0 aromatic heterocycles. The lowest BCUT2D eigenvalue weighted by Gasteiger charge is -2.26. The second kappa shape index (κ2) is 6.93. The van der Waals surface area contributed by atoms with Gasteiger partial charge in [0.25, 0.3) is 0 Å². The Labute approximate surface area is 136 Å². The van der Waals surface area contributed by atoms with E-state index in [1.807, 2.05) is 66.7 Å². The molecule has 0 unspecified atom stereocenters. The number of carbonyl (C=O) groups excluding carboxylic acids is 1. The van der Waals surface area contributed by atoms with Crippen LogP contribution >= 0.6 is 0 Å². The van der Waals surface area contributed by atoms with E-state index in [0.717, 1.165) is 16.7 Å². The first kappa shape index (κ1) is 15.0. The smallest absolute Gasteiger partial charge is 0.225 e. The molecule has 0 fully saturated rings. The van der Waals surface area contributed by atoms with E-state index in [0.29, 0.717) is 0 Å². The van der Waals surface area contributed by atoms with E-state index < -0.39 is 5.92 Å². The molecule has 3 aromatic carbocycles. The van der Waals surface area contributed by atoms with Crippen LogP contribution in [-0.4, -0.2) is 5.91 Å². The summed E-state index contributed by atoms with van der Waals surface area (Å²) in [5.74, 6) is -0.813. The van der Waals surface area contributed by atoms with Crippen LogP contribution in [0.2, 0.25) is 0 Å². The monoisotopic (exact) mass is 301 g/mol. The van der Waals surface area contributed by atoms with Gasteiger partial charge >= 0.3 is 0 Å². The molecule has 2 N–H and O–H groups in total. The number of carbonyl (C=O) groups is 1. The van der Waals surface area contributed by atoms with Crippen molar-refractivity contribution >= 4 is 5.91 Å². The summed E-state index contributed by atoms with van der Waals surface area (Å²) in [6.07, 6.45) is 0. The molecule has 0 aliphatic rings. The van der Waals surface area contributed by atoms with Crippen molar-refractivity contribution in [3.63, 3.8) is 0 Å². The number of primary amides is 1. The van der Waals surface area contributed by atoms with Gasteiger partial charge in [0, 0.05) is 5.92 Å². The molecule has 23 heavy (non-hydrogen) atoms. The van der Waals surface area contributed by atoms with Crippen LogP contribution in [0.5, 0.6) is 0 Å². The molecule has 114 valence electrons. The van der Waals surface area contributed by atoms with E-state index >= 15 is 0 Å². The van der Waals surface area contributed by atoms with Crippen LogP contribution in [0, 0.1) is 0 Å². The SMILES string of the molecule is NC(=O)[C@@H](c1ccccc1)C(c1ccccc1)c1ccccc1. The highest BCUT2D eigenvalue weighted by atomic mass is 16.1. The molecule has 2 heteroatoms. The largest absolute Gasteiger partial charge is 0.369 e. The van der Waals surface area contributed by atoms with Gasteiger partial charge in [0.15, 0.2) is 0 Å². The average molecular weight is 301 g/mol. The van der Waals surface area contributed by atoms with Crippen LogP contribution in [-0.2, 0) is 4.79 Å². The average Bonchev–Trinajstić information content (AvgIpc) is 2.61. The maximum Gasteiger partial charge on any atom is 0.225 e. The first-order valence-electron chi connectivity index (χ1n) is 7.71.